The standard InChI is InChI=1S/C16H16BrN3O4/c17-12-4-1-3-11(7-12)16(23)20-10-15(22)19-9-14(21)18-8-13-5-2-6-24-13/h1-7H,8-10H2,(H,18,21)(H,19,22)(H,20,23). The second kappa shape index (κ2) is 8.88. The van der Waals surface area contributed by atoms with Crippen molar-refractivity contribution in [3.63, 3.8) is 0 Å². The van der Waals surface area contributed by atoms with Gasteiger partial charge in [0, 0.05) is 10.0 Å². The van der Waals surface area contributed by atoms with Crippen LogP contribution in [-0.2, 0) is 16.1 Å². The van der Waals surface area contributed by atoms with Crippen molar-refractivity contribution in [3.05, 3.63) is 58.5 Å². The van der Waals surface area contributed by atoms with Crippen molar-refractivity contribution < 1.29 is 18.8 Å². The average molecular weight is 394 g/mol. The van der Waals surface area contributed by atoms with E-state index in [9.17, 15) is 14.4 Å². The molecular formula is C16H16BrN3O4. The van der Waals surface area contributed by atoms with E-state index in [-0.39, 0.29) is 31.4 Å². The van der Waals surface area contributed by atoms with Crippen LogP contribution in [0, 0.1) is 0 Å². The van der Waals surface area contributed by atoms with Gasteiger partial charge < -0.3 is 20.4 Å². The lowest BCUT2D eigenvalue weighted by Crippen LogP contribution is -2.41. The number of furan rings is 1. The van der Waals surface area contributed by atoms with Gasteiger partial charge in [0.2, 0.25) is 11.8 Å². The summed E-state index contributed by atoms with van der Waals surface area (Å²) in [4.78, 5) is 35.1. The zero-order chi connectivity index (χ0) is 17.4. The van der Waals surface area contributed by atoms with Gasteiger partial charge in [-0.2, -0.15) is 0 Å². The third-order valence-electron chi connectivity index (χ3n) is 2.98. The summed E-state index contributed by atoms with van der Waals surface area (Å²) in [6, 6.07) is 10.3. The summed E-state index contributed by atoms with van der Waals surface area (Å²) in [7, 11) is 0. The van der Waals surface area contributed by atoms with Gasteiger partial charge in [0.25, 0.3) is 5.91 Å². The molecule has 24 heavy (non-hydrogen) atoms. The van der Waals surface area contributed by atoms with Crippen LogP contribution in [0.1, 0.15) is 16.1 Å². The second-order valence-electron chi connectivity index (χ2n) is 4.83. The molecule has 1 heterocycles. The van der Waals surface area contributed by atoms with E-state index in [0.29, 0.717) is 11.3 Å². The minimum atomic E-state index is -0.452. The minimum Gasteiger partial charge on any atom is -0.467 e. The fraction of sp³-hybridized carbons (Fsp3) is 0.188. The van der Waals surface area contributed by atoms with Gasteiger partial charge in [-0.1, -0.05) is 22.0 Å². The van der Waals surface area contributed by atoms with Crippen LogP contribution in [0.4, 0.5) is 0 Å². The quantitative estimate of drug-likeness (QED) is 0.657. The molecular weight excluding hydrogens is 378 g/mol. The van der Waals surface area contributed by atoms with Gasteiger partial charge in [0.1, 0.15) is 5.76 Å². The monoisotopic (exact) mass is 393 g/mol. The highest BCUT2D eigenvalue weighted by Gasteiger charge is 2.09. The second-order valence-corrected chi connectivity index (χ2v) is 5.74. The Morgan fingerprint density at radius 1 is 0.958 bits per heavy atom. The van der Waals surface area contributed by atoms with Crippen molar-refractivity contribution in [1.82, 2.24) is 16.0 Å². The molecule has 2 rings (SSSR count). The summed E-state index contributed by atoms with van der Waals surface area (Å²) in [5.74, 6) is -0.547. The molecule has 0 aliphatic rings. The Labute approximate surface area is 146 Å². The van der Waals surface area contributed by atoms with E-state index in [4.69, 9.17) is 4.42 Å². The van der Waals surface area contributed by atoms with Crippen LogP contribution in [0.3, 0.4) is 0 Å². The Morgan fingerprint density at radius 3 is 2.42 bits per heavy atom. The summed E-state index contributed by atoms with van der Waals surface area (Å²) in [6.07, 6.45) is 1.51. The fourth-order valence-corrected chi connectivity index (χ4v) is 2.19. The van der Waals surface area contributed by atoms with Crippen LogP contribution in [0.5, 0.6) is 0 Å². The van der Waals surface area contributed by atoms with Crippen LogP contribution in [0.2, 0.25) is 0 Å². The first-order chi connectivity index (χ1) is 11.5. The lowest BCUT2D eigenvalue weighted by Gasteiger charge is -2.07. The predicted octanol–water partition coefficient (Wildman–Crippen LogP) is 1.20. The molecule has 0 spiro atoms. The number of rotatable bonds is 7. The zero-order valence-corrected chi connectivity index (χ0v) is 14.3. The highest BCUT2D eigenvalue weighted by Crippen LogP contribution is 2.11. The largest absolute Gasteiger partial charge is 0.467 e. The molecule has 0 fully saturated rings. The first kappa shape index (κ1) is 17.7. The van der Waals surface area contributed by atoms with E-state index in [1.807, 2.05) is 0 Å². The van der Waals surface area contributed by atoms with Gasteiger partial charge in [-0.15, -0.1) is 0 Å². The Balaban J connectivity index is 1.65. The van der Waals surface area contributed by atoms with Crippen molar-refractivity contribution in [2.75, 3.05) is 13.1 Å². The van der Waals surface area contributed by atoms with Gasteiger partial charge >= 0.3 is 0 Å². The molecule has 8 heteroatoms. The van der Waals surface area contributed by atoms with Crippen LogP contribution in [0.15, 0.2) is 51.6 Å². The molecule has 0 atom stereocenters. The van der Waals surface area contributed by atoms with Crippen molar-refractivity contribution in [2.45, 2.75) is 6.54 Å². The molecule has 0 bridgehead atoms. The molecule has 0 aliphatic carbocycles. The Hall–Kier alpha value is -2.61. The van der Waals surface area contributed by atoms with Gasteiger partial charge in [-0.3, -0.25) is 14.4 Å². The molecule has 0 saturated carbocycles. The molecule has 0 aliphatic heterocycles. The summed E-state index contributed by atoms with van der Waals surface area (Å²) < 4.78 is 5.84. The van der Waals surface area contributed by atoms with Gasteiger partial charge in [-0.05, 0) is 30.3 Å². The number of hydrogen-bond donors (Lipinski definition) is 3. The summed E-state index contributed by atoms with van der Waals surface area (Å²) in [5, 5.41) is 7.51. The third-order valence-corrected chi connectivity index (χ3v) is 3.48. The molecule has 126 valence electrons. The first-order valence-corrected chi connectivity index (χ1v) is 7.93. The maximum atomic E-state index is 11.9. The minimum absolute atomic E-state index is 0.174. The van der Waals surface area contributed by atoms with Crippen LogP contribution >= 0.6 is 15.9 Å². The third kappa shape index (κ3) is 5.88. The Morgan fingerprint density at radius 2 is 1.71 bits per heavy atom. The number of nitrogens with one attached hydrogen (secondary N) is 3. The molecule has 0 unspecified atom stereocenters. The molecule has 0 saturated heterocycles. The average Bonchev–Trinajstić information content (AvgIpc) is 3.09. The molecule has 1 aromatic carbocycles. The lowest BCUT2D eigenvalue weighted by atomic mass is 10.2. The molecule has 0 radical (unpaired) electrons. The fourth-order valence-electron chi connectivity index (χ4n) is 1.80. The van der Waals surface area contributed by atoms with Gasteiger partial charge in [-0.25, -0.2) is 0 Å². The van der Waals surface area contributed by atoms with Crippen LogP contribution < -0.4 is 16.0 Å². The summed E-state index contributed by atoms with van der Waals surface area (Å²) in [6.45, 7) is -0.134. The first-order valence-electron chi connectivity index (χ1n) is 7.14. The van der Waals surface area contributed by atoms with Crippen molar-refractivity contribution >= 4 is 33.7 Å². The van der Waals surface area contributed by atoms with E-state index in [1.165, 1.54) is 6.26 Å². The van der Waals surface area contributed by atoms with E-state index in [0.717, 1.165) is 4.47 Å². The highest BCUT2D eigenvalue weighted by molar-refractivity contribution is 9.10. The maximum Gasteiger partial charge on any atom is 0.251 e. The topological polar surface area (TPSA) is 100 Å². The van der Waals surface area contributed by atoms with E-state index in [2.05, 4.69) is 31.9 Å². The van der Waals surface area contributed by atoms with Gasteiger partial charge in [0.15, 0.2) is 0 Å². The summed E-state index contributed by atoms with van der Waals surface area (Å²) >= 11 is 3.27. The molecule has 2 aromatic rings. The number of carbonyl (C=O) groups is 3. The Bertz CT molecular complexity index is 716. The maximum absolute atomic E-state index is 11.9. The highest BCUT2D eigenvalue weighted by atomic mass is 79.9. The molecule has 3 N–H and O–H groups in total. The number of benzene rings is 1. The van der Waals surface area contributed by atoms with Crippen LogP contribution in [0.25, 0.3) is 0 Å². The molecule has 1 aromatic heterocycles. The van der Waals surface area contributed by atoms with Crippen molar-refractivity contribution in [3.8, 4) is 0 Å². The number of amides is 3. The molecule has 7 nitrogen and oxygen atoms in total. The summed E-state index contributed by atoms with van der Waals surface area (Å²) in [5.41, 5.74) is 0.438. The lowest BCUT2D eigenvalue weighted by molar-refractivity contribution is -0.125. The number of halogens is 1. The van der Waals surface area contributed by atoms with Crippen molar-refractivity contribution in [1.29, 1.82) is 0 Å². The Kier molecular flexibility index (Phi) is 6.56. The van der Waals surface area contributed by atoms with Crippen LogP contribution in [-0.4, -0.2) is 30.8 Å². The van der Waals surface area contributed by atoms with E-state index >= 15 is 0 Å². The molecule has 3 amide bonds. The smallest absolute Gasteiger partial charge is 0.251 e. The van der Waals surface area contributed by atoms with Gasteiger partial charge in [0.05, 0.1) is 25.9 Å². The van der Waals surface area contributed by atoms with Crippen molar-refractivity contribution in [2.24, 2.45) is 0 Å². The predicted molar refractivity (Wildman–Crippen MR) is 90.0 cm³/mol. The van der Waals surface area contributed by atoms with E-state index in [1.54, 1.807) is 36.4 Å². The van der Waals surface area contributed by atoms with E-state index < -0.39 is 5.91 Å². The SMILES string of the molecule is O=C(CNC(=O)CNC(=O)c1cccc(Br)c1)NCc1ccco1. The number of hydrogen-bond acceptors (Lipinski definition) is 4. The zero-order valence-electron chi connectivity index (χ0n) is 12.7. The normalized spacial score (nSPS) is 10.0. The number of carbonyl (C=O) groups excluding carboxylic acids is 3.